The molecule has 0 aromatic rings. The van der Waals surface area contributed by atoms with Crippen molar-refractivity contribution in [3.8, 4) is 0 Å². The third kappa shape index (κ3) is 42.5. The fraction of sp³-hybridized carbons (Fsp3) is 0. The molecule has 37 valence electrons. The first-order valence-corrected chi connectivity index (χ1v) is 0. The van der Waals surface area contributed by atoms with Gasteiger partial charge in [0.15, 0.2) is 0 Å². The van der Waals surface area contributed by atoms with Gasteiger partial charge < -0.3 is 21.9 Å². The van der Waals surface area contributed by atoms with E-state index in [1.807, 2.05) is 0 Å². The molecule has 0 spiro atoms. The van der Waals surface area contributed by atoms with E-state index in [0.29, 0.717) is 0 Å². The largest absolute Gasteiger partial charge is 2.00 e. The maximum atomic E-state index is 0. The Morgan fingerprint density at radius 1 is 0.571 bits per heavy atom. The van der Waals surface area contributed by atoms with Crippen LogP contribution in [0.3, 0.4) is 0 Å². The van der Waals surface area contributed by atoms with Crippen molar-refractivity contribution < 1.29 is 91.8 Å². The van der Waals surface area contributed by atoms with Gasteiger partial charge in [0.25, 0.3) is 0 Å². The summed E-state index contributed by atoms with van der Waals surface area (Å²) < 4.78 is 0. The minimum absolute atomic E-state index is 0. The van der Waals surface area contributed by atoms with Crippen LogP contribution in [0.25, 0.3) is 0 Å². The molecule has 0 aromatic carbocycles. The van der Waals surface area contributed by atoms with E-state index in [1.165, 1.54) is 0 Å². The van der Waals surface area contributed by atoms with Crippen molar-refractivity contribution in [2.75, 3.05) is 0 Å². The van der Waals surface area contributed by atoms with Crippen molar-refractivity contribution >= 4 is 48.9 Å². The molecule has 0 atom stereocenters. The van der Waals surface area contributed by atoms with Crippen LogP contribution in [0.4, 0.5) is 0 Å². The third-order valence-corrected chi connectivity index (χ3v) is 0. The Kier molecular flexibility index (Phi) is 581. The van der Waals surface area contributed by atoms with Gasteiger partial charge in [-0.2, -0.15) is 0 Å². The summed E-state index contributed by atoms with van der Waals surface area (Å²) in [6.07, 6.45) is 0. The summed E-state index contributed by atoms with van der Waals surface area (Å²) in [4.78, 5) is 0. The Morgan fingerprint density at radius 2 is 0.571 bits per heavy atom. The van der Waals surface area contributed by atoms with Crippen molar-refractivity contribution in [1.82, 2.24) is 0 Å². The molecule has 0 rings (SSSR count). The smallest absolute Gasteiger partial charge is 2.00 e. The van der Waals surface area contributed by atoms with Gasteiger partial charge in [0.05, 0.1) is 0 Å². The SMILES string of the molecule is [Ba+2].[K+].[O-2].[O-2].[O-2].[O-2].[V]. The molecular formula is BaKO4V-5. The molecule has 0 aliphatic heterocycles. The summed E-state index contributed by atoms with van der Waals surface area (Å²) in [7, 11) is 0. The van der Waals surface area contributed by atoms with E-state index in [9.17, 15) is 0 Å². The van der Waals surface area contributed by atoms with Crippen LogP contribution < -0.4 is 51.4 Å². The molecule has 4 nitrogen and oxygen atoms in total. The first-order chi connectivity index (χ1) is 0. The summed E-state index contributed by atoms with van der Waals surface area (Å²) in [6.45, 7) is 0. The summed E-state index contributed by atoms with van der Waals surface area (Å²) >= 11 is 0. The van der Waals surface area contributed by atoms with Gasteiger partial charge in [0, 0.05) is 18.6 Å². The standard InChI is InChI=1S/Ba.K.4O.V/q+2;+1;4*-2;. The second-order valence-corrected chi connectivity index (χ2v) is 0. The quantitative estimate of drug-likeness (QED) is 0.407. The van der Waals surface area contributed by atoms with Crippen LogP contribution in [0.5, 0.6) is 0 Å². The fourth-order valence-electron chi connectivity index (χ4n) is 0. The number of rotatable bonds is 0. The average molecular weight is 291 g/mol. The van der Waals surface area contributed by atoms with E-state index in [4.69, 9.17) is 0 Å². The van der Waals surface area contributed by atoms with E-state index in [0.717, 1.165) is 0 Å². The topological polar surface area (TPSA) is 114 Å². The van der Waals surface area contributed by atoms with Gasteiger partial charge in [-0.3, -0.25) is 0 Å². The Bertz CT molecular complexity index is 11.7. The van der Waals surface area contributed by atoms with Gasteiger partial charge >= 0.3 is 100 Å². The Balaban J connectivity index is 0. The molecule has 0 bridgehead atoms. The zero-order chi connectivity index (χ0) is 0. The number of hydrogen-bond acceptors (Lipinski definition) is 0. The van der Waals surface area contributed by atoms with Gasteiger partial charge in [0.1, 0.15) is 0 Å². The normalized spacial score (nSPS) is 0. The van der Waals surface area contributed by atoms with E-state index < -0.39 is 0 Å². The van der Waals surface area contributed by atoms with E-state index in [2.05, 4.69) is 0 Å². The molecule has 0 unspecified atom stereocenters. The van der Waals surface area contributed by atoms with Crippen LogP contribution in [-0.2, 0) is 40.5 Å². The predicted molar refractivity (Wildman–Crippen MR) is 8.50 cm³/mol. The van der Waals surface area contributed by atoms with Crippen molar-refractivity contribution in [3.63, 3.8) is 0 Å². The van der Waals surface area contributed by atoms with Gasteiger partial charge in [-0.15, -0.1) is 0 Å². The van der Waals surface area contributed by atoms with Gasteiger partial charge in [-0.25, -0.2) is 0 Å². The first-order valence-electron chi connectivity index (χ1n) is 0. The summed E-state index contributed by atoms with van der Waals surface area (Å²) in [5, 5.41) is 0. The zero-order valence-corrected chi connectivity index (χ0v) is 12.7. The monoisotopic (exact) mass is 292 g/mol. The maximum Gasteiger partial charge on any atom is 2.00 e. The molecule has 0 saturated carbocycles. The van der Waals surface area contributed by atoms with Crippen molar-refractivity contribution in [1.29, 1.82) is 0 Å². The summed E-state index contributed by atoms with van der Waals surface area (Å²) in [5.41, 5.74) is 0. The van der Waals surface area contributed by atoms with Crippen molar-refractivity contribution in [3.05, 3.63) is 0 Å². The first kappa shape index (κ1) is 74.8. The molecule has 0 aromatic heterocycles. The maximum absolute atomic E-state index is 0. The minimum atomic E-state index is 0. The van der Waals surface area contributed by atoms with Crippen molar-refractivity contribution in [2.45, 2.75) is 0 Å². The van der Waals surface area contributed by atoms with Crippen LogP contribution in [0, 0.1) is 0 Å². The van der Waals surface area contributed by atoms with E-state index in [1.54, 1.807) is 0 Å². The molecule has 7 heteroatoms. The molecule has 1 radical (unpaired) electrons. The van der Waals surface area contributed by atoms with Crippen LogP contribution in [-0.4, -0.2) is 48.9 Å². The molecule has 0 saturated heterocycles. The molecule has 0 N–H and O–H groups in total. The molecule has 0 amide bonds. The van der Waals surface area contributed by atoms with Crippen LogP contribution in [0.2, 0.25) is 0 Å². The Labute approximate surface area is 137 Å². The van der Waals surface area contributed by atoms with Gasteiger partial charge in [-0.1, -0.05) is 0 Å². The van der Waals surface area contributed by atoms with Gasteiger partial charge in [-0.05, 0) is 0 Å². The third-order valence-electron chi connectivity index (χ3n) is 0. The Morgan fingerprint density at radius 3 is 0.571 bits per heavy atom. The second-order valence-electron chi connectivity index (χ2n) is 0. The van der Waals surface area contributed by atoms with E-state index >= 15 is 0 Å². The minimum Gasteiger partial charge on any atom is -2.00 e. The summed E-state index contributed by atoms with van der Waals surface area (Å²) in [6, 6.07) is 0. The van der Waals surface area contributed by atoms with Crippen LogP contribution >= 0.6 is 0 Å². The molecule has 0 aliphatic carbocycles. The molecular weight excluding hydrogens is 291 g/mol. The zero-order valence-electron chi connectivity index (χ0n) is 3.79. The summed E-state index contributed by atoms with van der Waals surface area (Å²) in [5.74, 6) is 0. The van der Waals surface area contributed by atoms with E-state index in [-0.39, 0.29) is 141 Å². The molecule has 0 heterocycles. The van der Waals surface area contributed by atoms with Gasteiger partial charge in [0.2, 0.25) is 0 Å². The van der Waals surface area contributed by atoms with Crippen LogP contribution in [0.15, 0.2) is 0 Å². The molecule has 0 aliphatic rings. The van der Waals surface area contributed by atoms with Crippen molar-refractivity contribution in [2.24, 2.45) is 0 Å². The molecule has 0 fully saturated rings. The predicted octanol–water partition coefficient (Wildman–Crippen LogP) is -3.85. The second kappa shape index (κ2) is 54.4. The Hall–Kier alpha value is 3.63. The molecule has 7 heavy (non-hydrogen) atoms. The number of hydrogen-bond donors (Lipinski definition) is 0. The fourth-order valence-corrected chi connectivity index (χ4v) is 0. The average Bonchev–Trinajstić information content (AvgIpc) is 0. The van der Waals surface area contributed by atoms with Crippen LogP contribution in [0.1, 0.15) is 0 Å².